The molecular formula is C20H23N3O3S2. The molecule has 0 saturated carbocycles. The predicted octanol–water partition coefficient (Wildman–Crippen LogP) is 3.59. The molecular weight excluding hydrogens is 394 g/mol. The number of amides is 2. The van der Waals surface area contributed by atoms with E-state index in [0.717, 1.165) is 29.2 Å². The number of rotatable bonds is 5. The highest BCUT2D eigenvalue weighted by Gasteiger charge is 2.49. The SMILES string of the molecule is CSc1nc(C(=O)N2CCC3(CCC(=O)N3OCc3ccccc3)CC2)cs1. The highest BCUT2D eigenvalue weighted by atomic mass is 32.2. The molecule has 3 heterocycles. The second-order valence-electron chi connectivity index (χ2n) is 7.17. The number of carbonyl (C=O) groups is 2. The van der Waals surface area contributed by atoms with E-state index >= 15 is 0 Å². The summed E-state index contributed by atoms with van der Waals surface area (Å²) in [6.07, 6.45) is 4.72. The molecule has 0 radical (unpaired) electrons. The Labute approximate surface area is 172 Å². The average molecular weight is 418 g/mol. The van der Waals surface area contributed by atoms with Crippen molar-refractivity contribution in [3.63, 3.8) is 0 Å². The molecule has 1 aromatic carbocycles. The summed E-state index contributed by atoms with van der Waals surface area (Å²) in [6, 6.07) is 9.87. The number of nitrogens with zero attached hydrogens (tertiary/aromatic N) is 3. The van der Waals surface area contributed by atoms with E-state index in [2.05, 4.69) is 4.98 Å². The van der Waals surface area contributed by atoms with E-state index in [-0.39, 0.29) is 17.4 Å². The lowest BCUT2D eigenvalue weighted by Crippen LogP contribution is -2.54. The van der Waals surface area contributed by atoms with Gasteiger partial charge in [-0.15, -0.1) is 11.3 Å². The Kier molecular flexibility index (Phi) is 5.70. The van der Waals surface area contributed by atoms with Gasteiger partial charge < -0.3 is 4.90 Å². The van der Waals surface area contributed by atoms with Crippen LogP contribution in [0.2, 0.25) is 0 Å². The molecule has 2 aliphatic rings. The van der Waals surface area contributed by atoms with E-state index < -0.39 is 0 Å². The van der Waals surface area contributed by atoms with Gasteiger partial charge in [-0.25, -0.2) is 10.0 Å². The summed E-state index contributed by atoms with van der Waals surface area (Å²) in [7, 11) is 0. The molecule has 0 bridgehead atoms. The Morgan fingerprint density at radius 3 is 2.68 bits per heavy atom. The topological polar surface area (TPSA) is 62.7 Å². The van der Waals surface area contributed by atoms with Gasteiger partial charge in [0, 0.05) is 24.9 Å². The highest BCUT2D eigenvalue weighted by Crippen LogP contribution is 2.40. The molecule has 148 valence electrons. The van der Waals surface area contributed by atoms with Crippen LogP contribution < -0.4 is 0 Å². The van der Waals surface area contributed by atoms with Gasteiger partial charge in [-0.3, -0.25) is 14.4 Å². The summed E-state index contributed by atoms with van der Waals surface area (Å²) >= 11 is 3.05. The molecule has 0 unspecified atom stereocenters. The van der Waals surface area contributed by atoms with Crippen molar-refractivity contribution in [2.75, 3.05) is 19.3 Å². The number of thioether (sulfide) groups is 1. The van der Waals surface area contributed by atoms with Gasteiger partial charge in [0.25, 0.3) is 5.91 Å². The van der Waals surface area contributed by atoms with E-state index in [1.807, 2.05) is 46.9 Å². The lowest BCUT2D eigenvalue weighted by atomic mass is 9.86. The van der Waals surface area contributed by atoms with Crippen LogP contribution in [0.15, 0.2) is 40.1 Å². The first-order chi connectivity index (χ1) is 13.6. The number of hydrogen-bond acceptors (Lipinski definition) is 6. The monoisotopic (exact) mass is 417 g/mol. The first-order valence-corrected chi connectivity index (χ1v) is 11.5. The Hall–Kier alpha value is -1.90. The minimum atomic E-state index is -0.296. The van der Waals surface area contributed by atoms with Crippen molar-refractivity contribution in [3.8, 4) is 0 Å². The lowest BCUT2D eigenvalue weighted by molar-refractivity contribution is -0.221. The van der Waals surface area contributed by atoms with Gasteiger partial charge in [0.1, 0.15) is 16.6 Å². The van der Waals surface area contributed by atoms with Crippen LogP contribution in [0.5, 0.6) is 0 Å². The molecule has 6 nitrogen and oxygen atoms in total. The van der Waals surface area contributed by atoms with Gasteiger partial charge in [0.15, 0.2) is 0 Å². The molecule has 8 heteroatoms. The van der Waals surface area contributed by atoms with Crippen LogP contribution in [0.25, 0.3) is 0 Å². The maximum atomic E-state index is 12.7. The molecule has 4 rings (SSSR count). The average Bonchev–Trinajstić information content (AvgIpc) is 3.33. The van der Waals surface area contributed by atoms with Gasteiger partial charge in [-0.1, -0.05) is 42.1 Å². The quantitative estimate of drug-likeness (QED) is 0.696. The Morgan fingerprint density at radius 2 is 2.00 bits per heavy atom. The summed E-state index contributed by atoms with van der Waals surface area (Å²) in [4.78, 5) is 37.4. The normalized spacial score (nSPS) is 18.8. The van der Waals surface area contributed by atoms with E-state index in [9.17, 15) is 9.59 Å². The second-order valence-corrected chi connectivity index (χ2v) is 9.08. The van der Waals surface area contributed by atoms with E-state index in [1.54, 1.807) is 16.8 Å². The van der Waals surface area contributed by atoms with Crippen LogP contribution in [0, 0.1) is 0 Å². The first kappa shape index (κ1) is 19.4. The third-order valence-electron chi connectivity index (χ3n) is 5.52. The van der Waals surface area contributed by atoms with Crippen molar-refractivity contribution >= 4 is 34.9 Å². The zero-order valence-corrected chi connectivity index (χ0v) is 17.4. The van der Waals surface area contributed by atoms with Gasteiger partial charge in [0.05, 0.1) is 5.54 Å². The van der Waals surface area contributed by atoms with Crippen LogP contribution in [0.4, 0.5) is 0 Å². The van der Waals surface area contributed by atoms with E-state index in [1.165, 1.54) is 11.3 Å². The third-order valence-corrected chi connectivity index (χ3v) is 7.39. The number of hydrogen-bond donors (Lipinski definition) is 0. The van der Waals surface area contributed by atoms with Gasteiger partial charge in [-0.05, 0) is 31.1 Å². The van der Waals surface area contributed by atoms with Crippen LogP contribution >= 0.6 is 23.1 Å². The van der Waals surface area contributed by atoms with Crippen LogP contribution in [-0.4, -0.2) is 51.6 Å². The lowest BCUT2D eigenvalue weighted by Gasteiger charge is -2.43. The number of benzene rings is 1. The molecule has 2 aromatic rings. The summed E-state index contributed by atoms with van der Waals surface area (Å²) in [6.45, 7) is 1.61. The van der Waals surface area contributed by atoms with Gasteiger partial charge >= 0.3 is 0 Å². The molecule has 0 aliphatic carbocycles. The number of thiazole rings is 1. The first-order valence-electron chi connectivity index (χ1n) is 9.40. The van der Waals surface area contributed by atoms with Crippen molar-refractivity contribution in [1.29, 1.82) is 0 Å². The maximum Gasteiger partial charge on any atom is 0.273 e. The Balaban J connectivity index is 1.40. The smallest absolute Gasteiger partial charge is 0.273 e. The van der Waals surface area contributed by atoms with Gasteiger partial charge in [0.2, 0.25) is 5.91 Å². The van der Waals surface area contributed by atoms with Gasteiger partial charge in [-0.2, -0.15) is 0 Å². The molecule has 2 fully saturated rings. The van der Waals surface area contributed by atoms with Crippen molar-refractivity contribution in [2.24, 2.45) is 0 Å². The molecule has 28 heavy (non-hydrogen) atoms. The Bertz CT molecular complexity index is 847. The molecule has 0 atom stereocenters. The minimum absolute atomic E-state index is 0.0209. The fraction of sp³-hybridized carbons (Fsp3) is 0.450. The molecule has 1 aromatic heterocycles. The number of carbonyl (C=O) groups excluding carboxylic acids is 2. The molecule has 2 amide bonds. The fourth-order valence-electron chi connectivity index (χ4n) is 3.92. The van der Waals surface area contributed by atoms with Crippen LogP contribution in [0.1, 0.15) is 41.7 Å². The largest absolute Gasteiger partial charge is 0.337 e. The van der Waals surface area contributed by atoms with Crippen molar-refractivity contribution in [2.45, 2.75) is 42.2 Å². The molecule has 2 aliphatic heterocycles. The Morgan fingerprint density at radius 1 is 1.25 bits per heavy atom. The number of likely N-dealkylation sites (tertiary alicyclic amines) is 1. The van der Waals surface area contributed by atoms with E-state index in [0.29, 0.717) is 31.8 Å². The van der Waals surface area contributed by atoms with Crippen molar-refractivity contribution in [3.05, 3.63) is 47.0 Å². The van der Waals surface area contributed by atoms with Crippen molar-refractivity contribution < 1.29 is 14.4 Å². The minimum Gasteiger partial charge on any atom is -0.337 e. The summed E-state index contributed by atoms with van der Waals surface area (Å²) < 4.78 is 0.902. The second kappa shape index (κ2) is 8.23. The van der Waals surface area contributed by atoms with Crippen LogP contribution in [-0.2, 0) is 16.2 Å². The standard InChI is InChI=1S/C20H23N3O3S2/c1-27-19-21-16(14-28-19)18(25)22-11-9-20(10-12-22)8-7-17(24)23(20)26-13-15-5-3-2-4-6-15/h2-6,14H,7-13H2,1H3. The predicted molar refractivity (Wildman–Crippen MR) is 109 cm³/mol. The van der Waals surface area contributed by atoms with Crippen LogP contribution in [0.3, 0.4) is 0 Å². The van der Waals surface area contributed by atoms with Crippen molar-refractivity contribution in [1.82, 2.24) is 14.9 Å². The third kappa shape index (κ3) is 3.81. The molecule has 1 spiro atoms. The number of piperidine rings is 1. The zero-order valence-electron chi connectivity index (χ0n) is 15.8. The number of hydroxylamine groups is 2. The number of aromatic nitrogens is 1. The maximum absolute atomic E-state index is 12.7. The zero-order chi connectivity index (χ0) is 19.6. The summed E-state index contributed by atoms with van der Waals surface area (Å²) in [5.74, 6) is 0.0206. The molecule has 0 N–H and O–H groups in total. The molecule has 2 saturated heterocycles. The highest BCUT2D eigenvalue weighted by molar-refractivity contribution is 8.00. The summed E-state index contributed by atoms with van der Waals surface area (Å²) in [5, 5.41) is 3.43. The summed E-state index contributed by atoms with van der Waals surface area (Å²) in [5.41, 5.74) is 1.26. The van der Waals surface area contributed by atoms with E-state index in [4.69, 9.17) is 4.84 Å². The fourth-order valence-corrected chi connectivity index (χ4v) is 5.16.